The highest BCUT2D eigenvalue weighted by atomic mass is 16.6. The molecule has 0 fully saturated rings. The van der Waals surface area contributed by atoms with Crippen molar-refractivity contribution in [3.05, 3.63) is 29.6 Å². The van der Waals surface area contributed by atoms with Crippen LogP contribution in [0.25, 0.3) is 0 Å². The fourth-order valence-electron chi connectivity index (χ4n) is 2.49. The molecule has 0 aliphatic heterocycles. The van der Waals surface area contributed by atoms with Crippen molar-refractivity contribution in [3.63, 3.8) is 0 Å². The molecule has 11 heteroatoms. The van der Waals surface area contributed by atoms with Crippen LogP contribution in [-0.2, 0) is 23.7 Å². The third-order valence-corrected chi connectivity index (χ3v) is 4.04. The predicted octanol–water partition coefficient (Wildman–Crippen LogP) is 1.95. The third kappa shape index (κ3) is 14.4. The number of rotatable bonds is 16. The van der Waals surface area contributed by atoms with Crippen LogP contribution in [0.15, 0.2) is 18.3 Å². The first kappa shape index (κ1) is 29.3. The van der Waals surface area contributed by atoms with Crippen molar-refractivity contribution in [2.75, 3.05) is 59.8 Å². The predicted molar refractivity (Wildman–Crippen MR) is 124 cm³/mol. The van der Waals surface area contributed by atoms with E-state index >= 15 is 0 Å². The zero-order valence-corrected chi connectivity index (χ0v) is 20.5. The van der Waals surface area contributed by atoms with Crippen molar-refractivity contribution in [3.8, 4) is 0 Å². The summed E-state index contributed by atoms with van der Waals surface area (Å²) in [5, 5.41) is 5.40. The summed E-state index contributed by atoms with van der Waals surface area (Å²) in [6.45, 7) is 9.14. The van der Waals surface area contributed by atoms with Crippen LogP contribution in [-0.4, -0.2) is 88.4 Å². The van der Waals surface area contributed by atoms with Crippen LogP contribution in [0.5, 0.6) is 0 Å². The molecule has 2 N–H and O–H groups in total. The molecule has 0 saturated carbocycles. The molecule has 0 saturated heterocycles. The van der Waals surface area contributed by atoms with Gasteiger partial charge in [0.2, 0.25) is 0 Å². The Bertz CT molecular complexity index is 752. The summed E-state index contributed by atoms with van der Waals surface area (Å²) in [5.74, 6) is -0.888. The van der Waals surface area contributed by atoms with E-state index < -0.39 is 17.7 Å². The number of nitrogens with one attached hydrogen (secondary N) is 2. The maximum absolute atomic E-state index is 12.1. The lowest BCUT2D eigenvalue weighted by atomic mass is 10.2. The molecule has 0 unspecified atom stereocenters. The Morgan fingerprint density at radius 3 is 2.00 bits per heavy atom. The molecule has 11 nitrogen and oxygen atoms in total. The molecule has 2 amide bonds. The topological polar surface area (TPSA) is 134 Å². The fraction of sp³-hybridized carbons (Fsp3) is 0.652. The van der Waals surface area contributed by atoms with Gasteiger partial charge in [-0.25, -0.2) is 9.59 Å². The van der Waals surface area contributed by atoms with E-state index in [1.54, 1.807) is 0 Å². The second-order valence-electron chi connectivity index (χ2n) is 8.15. The summed E-state index contributed by atoms with van der Waals surface area (Å²) in [7, 11) is 1.28. The van der Waals surface area contributed by atoms with E-state index in [1.807, 2.05) is 20.8 Å². The van der Waals surface area contributed by atoms with Crippen LogP contribution in [0.3, 0.4) is 0 Å². The van der Waals surface area contributed by atoms with Crippen LogP contribution in [0.1, 0.15) is 54.5 Å². The van der Waals surface area contributed by atoms with Gasteiger partial charge in [-0.05, 0) is 45.7 Å². The maximum atomic E-state index is 12.1. The molecule has 34 heavy (non-hydrogen) atoms. The van der Waals surface area contributed by atoms with Gasteiger partial charge in [0.1, 0.15) is 11.3 Å². The number of pyridine rings is 1. The van der Waals surface area contributed by atoms with E-state index in [1.165, 1.54) is 25.4 Å². The van der Waals surface area contributed by atoms with Crippen molar-refractivity contribution < 1.29 is 38.1 Å². The molecule has 0 atom stereocenters. The Kier molecular flexibility index (Phi) is 14.5. The van der Waals surface area contributed by atoms with Gasteiger partial charge in [-0.3, -0.25) is 9.78 Å². The van der Waals surface area contributed by atoms with Gasteiger partial charge in [-0.1, -0.05) is 0 Å². The molecule has 0 radical (unpaired) electrons. The number of carbonyl (C=O) groups is 3. The van der Waals surface area contributed by atoms with Gasteiger partial charge in [-0.2, -0.15) is 0 Å². The monoisotopic (exact) mass is 483 g/mol. The van der Waals surface area contributed by atoms with Crippen LogP contribution >= 0.6 is 0 Å². The van der Waals surface area contributed by atoms with Gasteiger partial charge < -0.3 is 34.3 Å². The molecule has 0 bridgehead atoms. The lowest BCUT2D eigenvalue weighted by Gasteiger charge is -2.19. The minimum Gasteiger partial charge on any atom is -0.465 e. The zero-order valence-electron chi connectivity index (χ0n) is 20.5. The highest BCUT2D eigenvalue weighted by Gasteiger charge is 2.15. The lowest BCUT2D eigenvalue weighted by Crippen LogP contribution is -2.33. The molecule has 0 aliphatic carbocycles. The normalized spacial score (nSPS) is 11.1. The summed E-state index contributed by atoms with van der Waals surface area (Å²) in [4.78, 5) is 39.0. The number of methoxy groups -OCH3 is 1. The molecule has 1 rings (SSSR count). The summed E-state index contributed by atoms with van der Waals surface area (Å²) in [5.41, 5.74) is -0.0820. The van der Waals surface area contributed by atoms with Gasteiger partial charge >= 0.3 is 12.1 Å². The zero-order chi connectivity index (χ0) is 25.2. The van der Waals surface area contributed by atoms with Gasteiger partial charge in [0.05, 0.1) is 39.1 Å². The molecular formula is C23H37N3O8. The second-order valence-corrected chi connectivity index (χ2v) is 8.15. The Labute approximate surface area is 200 Å². The van der Waals surface area contributed by atoms with Crippen molar-refractivity contribution >= 4 is 18.0 Å². The van der Waals surface area contributed by atoms with Crippen LogP contribution in [0.4, 0.5) is 4.79 Å². The molecular weight excluding hydrogens is 446 g/mol. The summed E-state index contributed by atoms with van der Waals surface area (Å²) in [6.07, 6.45) is 2.27. The van der Waals surface area contributed by atoms with Crippen molar-refractivity contribution in [1.82, 2.24) is 15.6 Å². The highest BCUT2D eigenvalue weighted by Crippen LogP contribution is 2.06. The molecule has 1 aromatic rings. The summed E-state index contributed by atoms with van der Waals surface area (Å²) >= 11 is 0. The van der Waals surface area contributed by atoms with Crippen molar-refractivity contribution in [1.29, 1.82) is 0 Å². The number of nitrogens with zero attached hydrogens (tertiary/aromatic N) is 1. The number of hydrogen-bond acceptors (Lipinski definition) is 9. The van der Waals surface area contributed by atoms with Crippen LogP contribution < -0.4 is 10.6 Å². The molecule has 0 aliphatic rings. The number of carbonyl (C=O) groups excluding carboxylic acids is 3. The third-order valence-electron chi connectivity index (χ3n) is 4.04. The van der Waals surface area contributed by atoms with E-state index in [-0.39, 0.29) is 17.2 Å². The van der Waals surface area contributed by atoms with Crippen LogP contribution in [0, 0.1) is 0 Å². The Balaban J connectivity index is 1.91. The first-order chi connectivity index (χ1) is 16.2. The van der Waals surface area contributed by atoms with E-state index in [9.17, 15) is 14.4 Å². The number of hydrogen-bond donors (Lipinski definition) is 2. The Morgan fingerprint density at radius 2 is 1.44 bits per heavy atom. The first-order valence-corrected chi connectivity index (χ1v) is 11.3. The van der Waals surface area contributed by atoms with E-state index in [4.69, 9.17) is 18.9 Å². The van der Waals surface area contributed by atoms with Gasteiger partial charge in [0.25, 0.3) is 5.91 Å². The number of amides is 2. The average molecular weight is 484 g/mol. The highest BCUT2D eigenvalue weighted by molar-refractivity contribution is 5.96. The van der Waals surface area contributed by atoms with E-state index in [2.05, 4.69) is 20.4 Å². The standard InChI is InChI=1S/C23H37N3O8/c1-23(2,3)34-22(29)26-9-6-12-32-14-16-33-15-13-31-11-5-8-25-20(27)19-17-18(7-10-24-19)21(28)30-4/h7,10,17H,5-6,8-9,11-16H2,1-4H3,(H,25,27)(H,26,29). The minimum atomic E-state index is -0.522. The number of ether oxygens (including phenoxy) is 5. The SMILES string of the molecule is COC(=O)c1ccnc(C(=O)NCCCOCCOCCOCCCNC(=O)OC(C)(C)C)c1. The molecule has 0 aromatic carbocycles. The minimum absolute atomic E-state index is 0.152. The van der Waals surface area contributed by atoms with E-state index in [0.29, 0.717) is 65.6 Å². The van der Waals surface area contributed by atoms with E-state index in [0.717, 1.165) is 0 Å². The molecule has 1 heterocycles. The van der Waals surface area contributed by atoms with Gasteiger partial charge in [-0.15, -0.1) is 0 Å². The van der Waals surface area contributed by atoms with Gasteiger partial charge in [0.15, 0.2) is 0 Å². The van der Waals surface area contributed by atoms with Crippen LogP contribution in [0.2, 0.25) is 0 Å². The number of alkyl carbamates (subject to hydrolysis) is 1. The molecule has 192 valence electrons. The number of esters is 1. The van der Waals surface area contributed by atoms with Gasteiger partial charge in [0, 0.05) is 32.5 Å². The lowest BCUT2D eigenvalue weighted by molar-refractivity contribution is 0.0136. The van der Waals surface area contributed by atoms with Crippen molar-refractivity contribution in [2.45, 2.75) is 39.2 Å². The molecule has 1 aromatic heterocycles. The second kappa shape index (κ2) is 16.8. The average Bonchev–Trinajstić information content (AvgIpc) is 2.79. The van der Waals surface area contributed by atoms with Crippen molar-refractivity contribution in [2.24, 2.45) is 0 Å². The largest absolute Gasteiger partial charge is 0.465 e. The number of aromatic nitrogens is 1. The maximum Gasteiger partial charge on any atom is 0.407 e. The Hall–Kier alpha value is -2.76. The summed E-state index contributed by atoms with van der Waals surface area (Å²) < 4.78 is 26.1. The quantitative estimate of drug-likeness (QED) is 0.267. The summed E-state index contributed by atoms with van der Waals surface area (Å²) in [6, 6.07) is 2.87. The fourth-order valence-corrected chi connectivity index (χ4v) is 2.49. The Morgan fingerprint density at radius 1 is 0.882 bits per heavy atom. The smallest absolute Gasteiger partial charge is 0.407 e. The first-order valence-electron chi connectivity index (χ1n) is 11.3. The molecule has 0 spiro atoms.